The van der Waals surface area contributed by atoms with Crippen LogP contribution in [-0.4, -0.2) is 37.7 Å². The summed E-state index contributed by atoms with van der Waals surface area (Å²) in [6.07, 6.45) is 3.57. The summed E-state index contributed by atoms with van der Waals surface area (Å²) in [5.74, 6) is -0.00241. The van der Waals surface area contributed by atoms with Crippen LogP contribution >= 0.6 is 0 Å². The fraction of sp³-hybridized carbons (Fsp3) is 0.909. The molecule has 0 aromatic rings. The molecule has 1 saturated heterocycles. The minimum Gasteiger partial charge on any atom is -0.369 e. The minimum absolute atomic E-state index is 0.00241. The van der Waals surface area contributed by atoms with Gasteiger partial charge in [0.05, 0.1) is 6.10 Å². The van der Waals surface area contributed by atoms with Crippen molar-refractivity contribution < 1.29 is 9.53 Å². The Morgan fingerprint density at radius 1 is 1.53 bits per heavy atom. The quantitative estimate of drug-likeness (QED) is 0.723. The molecule has 4 nitrogen and oxygen atoms in total. The molecule has 4 heteroatoms. The molecule has 1 fully saturated rings. The van der Waals surface area contributed by atoms with Gasteiger partial charge in [0.1, 0.15) is 6.61 Å². The Morgan fingerprint density at radius 2 is 2.33 bits per heavy atom. The summed E-state index contributed by atoms with van der Waals surface area (Å²) >= 11 is 0. The summed E-state index contributed by atoms with van der Waals surface area (Å²) in [5.41, 5.74) is 0. The Kier molecular flexibility index (Phi) is 5.65. The molecule has 0 aliphatic carbocycles. The lowest BCUT2D eigenvalue weighted by Crippen LogP contribution is -2.42. The molecule has 0 aromatic heterocycles. The highest BCUT2D eigenvalue weighted by atomic mass is 16.5. The molecule has 0 saturated carbocycles. The first-order valence-corrected chi connectivity index (χ1v) is 5.80. The summed E-state index contributed by atoms with van der Waals surface area (Å²) in [7, 11) is 0. The first-order chi connectivity index (χ1) is 7.18. The molecule has 1 unspecified atom stereocenters. The highest BCUT2D eigenvalue weighted by Crippen LogP contribution is 2.03. The SMILES string of the molecule is CC(C)OCC(=O)NC1CCCCNC1. The zero-order chi connectivity index (χ0) is 11.1. The van der Waals surface area contributed by atoms with Gasteiger partial charge in [-0.25, -0.2) is 0 Å². The van der Waals surface area contributed by atoms with Crippen molar-refractivity contribution in [3.8, 4) is 0 Å². The van der Waals surface area contributed by atoms with Gasteiger partial charge in [-0.3, -0.25) is 4.79 Å². The number of hydrogen-bond acceptors (Lipinski definition) is 3. The van der Waals surface area contributed by atoms with E-state index >= 15 is 0 Å². The Hall–Kier alpha value is -0.610. The molecule has 1 aliphatic rings. The van der Waals surface area contributed by atoms with Crippen LogP contribution in [0.5, 0.6) is 0 Å². The van der Waals surface area contributed by atoms with Gasteiger partial charge >= 0.3 is 0 Å². The molecule has 1 aliphatic heterocycles. The van der Waals surface area contributed by atoms with Gasteiger partial charge < -0.3 is 15.4 Å². The van der Waals surface area contributed by atoms with Crippen LogP contribution in [0.15, 0.2) is 0 Å². The highest BCUT2D eigenvalue weighted by molar-refractivity contribution is 5.77. The van der Waals surface area contributed by atoms with E-state index in [4.69, 9.17) is 4.74 Å². The van der Waals surface area contributed by atoms with Gasteiger partial charge in [-0.15, -0.1) is 0 Å². The maximum Gasteiger partial charge on any atom is 0.246 e. The topological polar surface area (TPSA) is 50.4 Å². The molecule has 0 aromatic carbocycles. The van der Waals surface area contributed by atoms with Crippen LogP contribution in [-0.2, 0) is 9.53 Å². The molecule has 88 valence electrons. The molecule has 1 rings (SSSR count). The van der Waals surface area contributed by atoms with Gasteiger partial charge in [-0.2, -0.15) is 0 Å². The number of carbonyl (C=O) groups is 1. The van der Waals surface area contributed by atoms with E-state index in [-0.39, 0.29) is 24.7 Å². The lowest BCUT2D eigenvalue weighted by Gasteiger charge is -2.16. The van der Waals surface area contributed by atoms with Crippen molar-refractivity contribution in [3.05, 3.63) is 0 Å². The van der Waals surface area contributed by atoms with E-state index in [1.807, 2.05) is 13.8 Å². The van der Waals surface area contributed by atoms with Crippen LogP contribution in [0.25, 0.3) is 0 Å². The number of ether oxygens (including phenoxy) is 1. The number of rotatable bonds is 4. The first kappa shape index (κ1) is 12.5. The second kappa shape index (κ2) is 6.80. The maximum atomic E-state index is 11.5. The zero-order valence-electron chi connectivity index (χ0n) is 9.71. The van der Waals surface area contributed by atoms with Gasteiger partial charge in [-0.1, -0.05) is 6.42 Å². The molecule has 15 heavy (non-hydrogen) atoms. The minimum atomic E-state index is -0.00241. The summed E-state index contributed by atoms with van der Waals surface area (Å²) < 4.78 is 5.24. The van der Waals surface area contributed by atoms with E-state index in [2.05, 4.69) is 10.6 Å². The Bertz CT molecular complexity index is 187. The summed E-state index contributed by atoms with van der Waals surface area (Å²) in [6, 6.07) is 0.274. The van der Waals surface area contributed by atoms with Gasteiger partial charge in [0.15, 0.2) is 0 Å². The molecule has 0 spiro atoms. The van der Waals surface area contributed by atoms with Crippen LogP contribution in [0.2, 0.25) is 0 Å². The molecular formula is C11H22N2O2. The second-order valence-corrected chi connectivity index (χ2v) is 4.32. The fourth-order valence-corrected chi connectivity index (χ4v) is 1.65. The smallest absolute Gasteiger partial charge is 0.246 e. The van der Waals surface area contributed by atoms with E-state index in [1.54, 1.807) is 0 Å². The van der Waals surface area contributed by atoms with Gasteiger partial charge in [0.2, 0.25) is 5.91 Å². The molecule has 1 atom stereocenters. The average molecular weight is 214 g/mol. The lowest BCUT2D eigenvalue weighted by molar-refractivity contribution is -0.127. The van der Waals surface area contributed by atoms with E-state index in [9.17, 15) is 4.79 Å². The molecule has 2 N–H and O–H groups in total. The summed E-state index contributed by atoms with van der Waals surface area (Å²) in [6.45, 7) is 5.98. The van der Waals surface area contributed by atoms with Crippen molar-refractivity contribution in [1.29, 1.82) is 0 Å². The zero-order valence-corrected chi connectivity index (χ0v) is 9.71. The van der Waals surface area contributed by atoms with Crippen molar-refractivity contribution >= 4 is 5.91 Å². The third kappa shape index (κ3) is 5.74. The summed E-state index contributed by atoms with van der Waals surface area (Å²) in [5, 5.41) is 6.30. The van der Waals surface area contributed by atoms with E-state index < -0.39 is 0 Å². The Morgan fingerprint density at radius 3 is 3.07 bits per heavy atom. The van der Waals surface area contributed by atoms with Crippen molar-refractivity contribution in [2.75, 3.05) is 19.7 Å². The monoisotopic (exact) mass is 214 g/mol. The van der Waals surface area contributed by atoms with Crippen LogP contribution in [0.3, 0.4) is 0 Å². The number of nitrogens with one attached hydrogen (secondary N) is 2. The standard InChI is InChI=1S/C11H22N2O2/c1-9(2)15-8-11(14)13-10-5-3-4-6-12-7-10/h9-10,12H,3-8H2,1-2H3,(H,13,14). The third-order valence-electron chi connectivity index (χ3n) is 2.46. The summed E-state index contributed by atoms with van der Waals surface area (Å²) in [4.78, 5) is 11.5. The molecule has 1 amide bonds. The van der Waals surface area contributed by atoms with Crippen molar-refractivity contribution in [2.24, 2.45) is 0 Å². The van der Waals surface area contributed by atoms with Crippen molar-refractivity contribution in [1.82, 2.24) is 10.6 Å². The first-order valence-electron chi connectivity index (χ1n) is 5.80. The van der Waals surface area contributed by atoms with Crippen LogP contribution in [0.4, 0.5) is 0 Å². The van der Waals surface area contributed by atoms with Crippen LogP contribution in [0, 0.1) is 0 Å². The van der Waals surface area contributed by atoms with E-state index in [0.29, 0.717) is 0 Å². The van der Waals surface area contributed by atoms with Gasteiger partial charge in [0, 0.05) is 12.6 Å². The van der Waals surface area contributed by atoms with Crippen molar-refractivity contribution in [2.45, 2.75) is 45.3 Å². The Balaban J connectivity index is 2.17. The molecule has 0 radical (unpaired) electrons. The molecule has 0 bridgehead atoms. The lowest BCUT2D eigenvalue weighted by atomic mass is 10.1. The highest BCUT2D eigenvalue weighted by Gasteiger charge is 2.14. The predicted molar refractivity (Wildman–Crippen MR) is 59.7 cm³/mol. The largest absolute Gasteiger partial charge is 0.369 e. The number of amides is 1. The molecular weight excluding hydrogens is 192 g/mol. The van der Waals surface area contributed by atoms with Crippen LogP contribution in [0.1, 0.15) is 33.1 Å². The Labute approximate surface area is 91.8 Å². The predicted octanol–water partition coefficient (Wildman–Crippen LogP) is 0.670. The van der Waals surface area contributed by atoms with Gasteiger partial charge in [-0.05, 0) is 33.2 Å². The van der Waals surface area contributed by atoms with Crippen molar-refractivity contribution in [3.63, 3.8) is 0 Å². The second-order valence-electron chi connectivity index (χ2n) is 4.32. The van der Waals surface area contributed by atoms with Crippen LogP contribution < -0.4 is 10.6 Å². The van der Waals surface area contributed by atoms with Gasteiger partial charge in [0.25, 0.3) is 0 Å². The number of carbonyl (C=O) groups excluding carboxylic acids is 1. The van der Waals surface area contributed by atoms with E-state index in [0.717, 1.165) is 19.5 Å². The maximum absolute atomic E-state index is 11.5. The number of hydrogen-bond donors (Lipinski definition) is 2. The average Bonchev–Trinajstić information content (AvgIpc) is 2.43. The third-order valence-corrected chi connectivity index (χ3v) is 2.46. The van der Waals surface area contributed by atoms with E-state index in [1.165, 1.54) is 12.8 Å². The molecule has 1 heterocycles. The normalized spacial score (nSPS) is 22.5. The fourth-order valence-electron chi connectivity index (χ4n) is 1.65.